The van der Waals surface area contributed by atoms with E-state index in [1.807, 2.05) is 0 Å². The number of nitrogens with zero attached hydrogens (tertiary/aromatic N) is 2. The van der Waals surface area contributed by atoms with Crippen LogP contribution in [0, 0.1) is 0 Å². The third kappa shape index (κ3) is 3.80. The fourth-order valence-corrected chi connectivity index (χ4v) is 8.67. The minimum atomic E-state index is 0.0359. The highest BCUT2D eigenvalue weighted by atomic mass is 15.0. The van der Waals surface area contributed by atoms with Crippen molar-refractivity contribution in [2.24, 2.45) is 0 Å². The molecule has 1 unspecified atom stereocenters. The number of hydrogen-bond acceptors (Lipinski definition) is 0. The lowest BCUT2D eigenvalue weighted by Gasteiger charge is -2.28. The Morgan fingerprint density at radius 2 is 0.880 bits per heavy atom. The zero-order chi connectivity index (χ0) is 32.8. The van der Waals surface area contributed by atoms with Crippen molar-refractivity contribution >= 4 is 54.9 Å². The maximum atomic E-state index is 3.86. The summed E-state index contributed by atoms with van der Waals surface area (Å²) in [7, 11) is 0. The molecule has 7 aromatic carbocycles. The molecule has 0 spiro atoms. The first-order chi connectivity index (χ1) is 24.8. The van der Waals surface area contributed by atoms with Crippen molar-refractivity contribution in [3.05, 3.63) is 193 Å². The van der Waals surface area contributed by atoms with E-state index in [-0.39, 0.29) is 5.92 Å². The minimum absolute atomic E-state index is 0.0359. The highest BCUT2D eigenvalue weighted by molar-refractivity contribution is 6.13. The van der Waals surface area contributed by atoms with Crippen LogP contribution in [0.25, 0.3) is 82.8 Å². The van der Waals surface area contributed by atoms with E-state index in [2.05, 4.69) is 191 Å². The molecule has 0 saturated heterocycles. The van der Waals surface area contributed by atoms with Crippen LogP contribution in [0.1, 0.15) is 17.0 Å². The second kappa shape index (κ2) is 10.4. The fourth-order valence-electron chi connectivity index (χ4n) is 8.67. The molecule has 0 radical (unpaired) electrons. The Hall–Kier alpha value is -6.60. The highest BCUT2D eigenvalue weighted by Crippen LogP contribution is 2.49. The summed E-state index contributed by atoms with van der Waals surface area (Å²) in [5.41, 5.74) is 19.8. The Labute approximate surface area is 289 Å². The summed E-state index contributed by atoms with van der Waals surface area (Å²) in [6.45, 7) is 0. The van der Waals surface area contributed by atoms with Gasteiger partial charge in [-0.05, 0) is 75.9 Å². The normalized spacial score (nSPS) is 14.8. The maximum absolute atomic E-state index is 3.86. The van der Waals surface area contributed by atoms with Gasteiger partial charge in [0, 0.05) is 44.8 Å². The van der Waals surface area contributed by atoms with Crippen LogP contribution in [0.3, 0.4) is 0 Å². The monoisotopic (exact) mass is 634 g/mol. The van der Waals surface area contributed by atoms with Crippen molar-refractivity contribution in [2.45, 2.75) is 5.92 Å². The van der Waals surface area contributed by atoms with Crippen molar-refractivity contribution < 1.29 is 0 Å². The van der Waals surface area contributed by atoms with Gasteiger partial charge in [0.05, 0.1) is 27.8 Å². The molecule has 9 aromatic rings. The molecular weight excluding hydrogens is 605 g/mol. The molecule has 2 nitrogen and oxygen atoms in total. The predicted octanol–water partition coefficient (Wildman–Crippen LogP) is 12.4. The van der Waals surface area contributed by atoms with Gasteiger partial charge in [0.2, 0.25) is 0 Å². The van der Waals surface area contributed by atoms with E-state index in [9.17, 15) is 0 Å². The molecule has 50 heavy (non-hydrogen) atoms. The van der Waals surface area contributed by atoms with E-state index < -0.39 is 0 Å². The number of fused-ring (bicyclic) bond motifs is 14. The Morgan fingerprint density at radius 1 is 0.400 bits per heavy atom. The van der Waals surface area contributed by atoms with E-state index in [1.165, 1.54) is 82.6 Å². The molecule has 0 amide bonds. The van der Waals surface area contributed by atoms with Crippen LogP contribution in [0.4, 0.5) is 0 Å². The average molecular weight is 635 g/mol. The Morgan fingerprint density at radius 3 is 1.56 bits per heavy atom. The van der Waals surface area contributed by atoms with Crippen molar-refractivity contribution in [3.63, 3.8) is 0 Å². The number of aromatic nitrogens is 2. The smallest absolute Gasteiger partial charge is 0.0542 e. The molecule has 2 heteroatoms. The standard InChI is InChI=1S/C48H30N2/c1-2-14-34-33(13-1)35-15-3-4-17-37(35)39-27-25-31(29-43(39)38-18-6-5-16-36(34)38)50-47-24-12-9-21-42(47)44-30-32(26-28-48(44)50)49-45-22-10-7-19-40(45)41-20-8-11-23-46(41)49/h1-26,28-30,43H. The molecule has 2 aliphatic rings. The quantitative estimate of drug-likeness (QED) is 0.167. The molecule has 2 aromatic heterocycles. The van der Waals surface area contributed by atoms with Gasteiger partial charge in [-0.15, -0.1) is 5.73 Å². The largest absolute Gasteiger partial charge is 0.309 e. The maximum Gasteiger partial charge on any atom is 0.0542 e. The van der Waals surface area contributed by atoms with Gasteiger partial charge in [-0.25, -0.2) is 0 Å². The van der Waals surface area contributed by atoms with Crippen molar-refractivity contribution in [1.29, 1.82) is 0 Å². The second-order valence-corrected chi connectivity index (χ2v) is 13.4. The Kier molecular flexibility index (Phi) is 5.72. The van der Waals surface area contributed by atoms with Crippen LogP contribution in [-0.4, -0.2) is 9.13 Å². The molecule has 0 bridgehead atoms. The lowest BCUT2D eigenvalue weighted by atomic mass is 9.75. The van der Waals surface area contributed by atoms with Gasteiger partial charge >= 0.3 is 0 Å². The molecule has 0 N–H and O–H groups in total. The Bertz CT molecular complexity index is 2920. The molecule has 0 fully saturated rings. The van der Waals surface area contributed by atoms with Crippen LogP contribution in [-0.2, 0) is 0 Å². The van der Waals surface area contributed by atoms with E-state index in [0.717, 1.165) is 11.4 Å². The first-order valence-corrected chi connectivity index (χ1v) is 17.3. The highest BCUT2D eigenvalue weighted by Gasteiger charge is 2.29. The van der Waals surface area contributed by atoms with Gasteiger partial charge < -0.3 is 9.13 Å². The topological polar surface area (TPSA) is 9.86 Å². The number of allylic oxidation sites excluding steroid dienone is 3. The van der Waals surface area contributed by atoms with Gasteiger partial charge in [0.15, 0.2) is 0 Å². The van der Waals surface area contributed by atoms with Gasteiger partial charge in [-0.3, -0.25) is 0 Å². The summed E-state index contributed by atoms with van der Waals surface area (Å²) in [5.74, 6) is 0.0359. The molecule has 2 aliphatic carbocycles. The summed E-state index contributed by atoms with van der Waals surface area (Å²) in [6.07, 6.45) is 4.66. The number of para-hydroxylation sites is 3. The fraction of sp³-hybridized carbons (Fsp3) is 0.0208. The lowest BCUT2D eigenvalue weighted by molar-refractivity contribution is 1.07. The van der Waals surface area contributed by atoms with E-state index in [0.29, 0.717) is 0 Å². The Balaban J connectivity index is 1.16. The van der Waals surface area contributed by atoms with Gasteiger partial charge in [0.1, 0.15) is 0 Å². The summed E-state index contributed by atoms with van der Waals surface area (Å²) in [4.78, 5) is 0. The average Bonchev–Trinajstić information content (AvgIpc) is 3.70. The lowest BCUT2D eigenvalue weighted by Crippen LogP contribution is -2.09. The van der Waals surface area contributed by atoms with Gasteiger partial charge in [-0.2, -0.15) is 0 Å². The van der Waals surface area contributed by atoms with E-state index in [1.54, 1.807) is 0 Å². The minimum Gasteiger partial charge on any atom is -0.309 e. The summed E-state index contributed by atoms with van der Waals surface area (Å²) in [5, 5.41) is 5.02. The van der Waals surface area contributed by atoms with Crippen LogP contribution in [0.5, 0.6) is 0 Å². The third-order valence-corrected chi connectivity index (χ3v) is 10.8. The zero-order valence-electron chi connectivity index (χ0n) is 27.2. The number of rotatable bonds is 2. The second-order valence-electron chi connectivity index (χ2n) is 13.4. The van der Waals surface area contributed by atoms with Crippen LogP contribution in [0.15, 0.2) is 182 Å². The molecule has 11 rings (SSSR count). The van der Waals surface area contributed by atoms with Gasteiger partial charge in [0.25, 0.3) is 0 Å². The van der Waals surface area contributed by atoms with E-state index >= 15 is 0 Å². The predicted molar refractivity (Wildman–Crippen MR) is 210 cm³/mol. The van der Waals surface area contributed by atoms with Crippen molar-refractivity contribution in [3.8, 4) is 27.9 Å². The molecule has 232 valence electrons. The SMILES string of the molecule is C1=CC(n2c3ccccc3c3cc(-n4c5ccccc5c5ccccc54)ccc32)=CC2C=1c1ccccc1-c1ccccc1-c1ccccc12. The summed E-state index contributed by atoms with van der Waals surface area (Å²) in [6, 6.07) is 59.8. The third-order valence-electron chi connectivity index (χ3n) is 10.8. The summed E-state index contributed by atoms with van der Waals surface area (Å²) >= 11 is 0. The zero-order valence-corrected chi connectivity index (χ0v) is 27.2. The molecule has 2 heterocycles. The first-order valence-electron chi connectivity index (χ1n) is 17.3. The molecular formula is C48H30N2. The summed E-state index contributed by atoms with van der Waals surface area (Å²) < 4.78 is 4.84. The van der Waals surface area contributed by atoms with Crippen LogP contribution in [0.2, 0.25) is 0 Å². The van der Waals surface area contributed by atoms with Crippen LogP contribution < -0.4 is 0 Å². The molecule has 0 aliphatic heterocycles. The molecule has 0 saturated carbocycles. The first kappa shape index (κ1) is 27.4. The van der Waals surface area contributed by atoms with Gasteiger partial charge in [-0.1, -0.05) is 127 Å². The number of benzene rings is 7. The van der Waals surface area contributed by atoms with Crippen molar-refractivity contribution in [1.82, 2.24) is 9.13 Å². The van der Waals surface area contributed by atoms with Crippen molar-refractivity contribution in [2.75, 3.05) is 0 Å². The number of hydrogen-bond donors (Lipinski definition) is 0. The molecule has 1 atom stereocenters. The van der Waals surface area contributed by atoms with Crippen LogP contribution >= 0.6 is 0 Å². The van der Waals surface area contributed by atoms with E-state index in [4.69, 9.17) is 0 Å².